The van der Waals surface area contributed by atoms with E-state index in [-0.39, 0.29) is 86.8 Å². The molecular weight excluding hydrogens is 431 g/mol. The number of hydrogen-bond donors (Lipinski definition) is 1. The number of rotatable bonds is 5. The summed E-state index contributed by atoms with van der Waals surface area (Å²) in [7, 11) is 0. The number of aliphatic hydroxyl groups is 1. The van der Waals surface area contributed by atoms with E-state index in [4.69, 9.17) is 5.11 Å². The fraction of sp³-hybridized carbons (Fsp3) is 0.500. The van der Waals surface area contributed by atoms with Crippen LogP contribution < -0.4 is 74.4 Å². The molecule has 0 aromatic rings. The van der Waals surface area contributed by atoms with E-state index in [9.17, 15) is 29.7 Å². The molecule has 0 aliphatic rings. The van der Waals surface area contributed by atoms with E-state index in [1.165, 1.54) is 0 Å². The molecule has 0 aliphatic carbocycles. The van der Waals surface area contributed by atoms with Crippen molar-refractivity contribution in [1.82, 2.24) is 0 Å². The van der Waals surface area contributed by atoms with Crippen LogP contribution in [0.5, 0.6) is 0 Å². The number of hydrogen-bond acceptors (Lipinski definition) is 7. The van der Waals surface area contributed by atoms with Crippen molar-refractivity contribution < 1.29 is 122 Å². The fourth-order valence-electron chi connectivity index (χ4n) is 0.684. The second-order valence-corrected chi connectivity index (χ2v) is 2.42. The SMILES string of the molecule is O=C([O-])CC(O)(CC(=O)[O-])C(=O)[O-].[Hg+2].[Na+].[Na+]. The van der Waals surface area contributed by atoms with Gasteiger partial charge in [-0.05, 0) is 0 Å². The van der Waals surface area contributed by atoms with Gasteiger partial charge in [-0.3, -0.25) is 0 Å². The first kappa shape index (κ1) is 26.0. The summed E-state index contributed by atoms with van der Waals surface area (Å²) in [6.45, 7) is 0. The molecule has 0 aromatic carbocycles. The average Bonchev–Trinajstić information content (AvgIpc) is 1.82. The third-order valence-corrected chi connectivity index (χ3v) is 1.25. The Morgan fingerprint density at radius 2 is 1.19 bits per heavy atom. The van der Waals surface area contributed by atoms with E-state index in [0.717, 1.165) is 0 Å². The van der Waals surface area contributed by atoms with Gasteiger partial charge >= 0.3 is 86.8 Å². The zero-order valence-corrected chi connectivity index (χ0v) is 18.5. The molecule has 10 heteroatoms. The molecular formula is C6H5HgNa2O7+. The third-order valence-electron chi connectivity index (χ3n) is 1.25. The number of carbonyl (C=O) groups is 3. The van der Waals surface area contributed by atoms with Crippen molar-refractivity contribution in [3.05, 3.63) is 0 Å². The second kappa shape index (κ2) is 11.4. The topological polar surface area (TPSA) is 141 Å². The Balaban J connectivity index is -0.000000240. The molecule has 0 unspecified atom stereocenters. The normalized spacial score (nSPS) is 8.81. The minimum Gasteiger partial charge on any atom is -0.550 e. The number of aliphatic carboxylic acids is 3. The van der Waals surface area contributed by atoms with Crippen LogP contribution in [0.25, 0.3) is 0 Å². The summed E-state index contributed by atoms with van der Waals surface area (Å²) in [5, 5.41) is 38.9. The molecule has 16 heavy (non-hydrogen) atoms. The summed E-state index contributed by atoms with van der Waals surface area (Å²) in [4.78, 5) is 30.0. The van der Waals surface area contributed by atoms with Gasteiger partial charge in [0.15, 0.2) is 0 Å². The van der Waals surface area contributed by atoms with Crippen LogP contribution in [0.3, 0.4) is 0 Å². The zero-order valence-electron chi connectivity index (χ0n) is 9.02. The van der Waals surface area contributed by atoms with E-state index in [2.05, 4.69) is 0 Å². The monoisotopic (exact) mass is 437 g/mol. The van der Waals surface area contributed by atoms with Crippen LogP contribution in [-0.4, -0.2) is 28.6 Å². The Morgan fingerprint density at radius 1 is 0.938 bits per heavy atom. The molecule has 0 rings (SSSR count). The molecule has 74 valence electrons. The van der Waals surface area contributed by atoms with Gasteiger partial charge in [0.2, 0.25) is 0 Å². The number of carboxylic acid groups (broad SMARTS) is 3. The molecule has 0 saturated carbocycles. The van der Waals surface area contributed by atoms with Crippen molar-refractivity contribution in [1.29, 1.82) is 0 Å². The predicted molar refractivity (Wildman–Crippen MR) is 29.2 cm³/mol. The van der Waals surface area contributed by atoms with Gasteiger partial charge in [-0.1, -0.05) is 0 Å². The molecule has 0 bridgehead atoms. The minimum atomic E-state index is -2.97. The van der Waals surface area contributed by atoms with Gasteiger partial charge in [0, 0.05) is 24.8 Å². The summed E-state index contributed by atoms with van der Waals surface area (Å²) in [6.07, 6.45) is -2.72. The maximum Gasteiger partial charge on any atom is 2.00 e. The first-order chi connectivity index (χ1) is 5.78. The Kier molecular flexibility index (Phi) is 18.5. The van der Waals surface area contributed by atoms with Crippen LogP contribution in [0.1, 0.15) is 12.8 Å². The van der Waals surface area contributed by atoms with Crippen molar-refractivity contribution >= 4 is 17.9 Å². The van der Waals surface area contributed by atoms with E-state index in [1.54, 1.807) is 0 Å². The third kappa shape index (κ3) is 10.5. The Hall–Kier alpha value is 1.31. The summed E-state index contributed by atoms with van der Waals surface area (Å²) >= 11 is 0. The van der Waals surface area contributed by atoms with E-state index < -0.39 is 36.4 Å². The van der Waals surface area contributed by atoms with Gasteiger partial charge in [0.05, 0.1) is 5.97 Å². The van der Waals surface area contributed by atoms with Gasteiger partial charge in [0.1, 0.15) is 5.60 Å². The van der Waals surface area contributed by atoms with Gasteiger partial charge in [0.25, 0.3) is 0 Å². The van der Waals surface area contributed by atoms with E-state index in [1.807, 2.05) is 0 Å². The quantitative estimate of drug-likeness (QED) is 0.423. The zero-order chi connectivity index (χ0) is 10.6. The van der Waals surface area contributed by atoms with Gasteiger partial charge < -0.3 is 34.8 Å². The van der Waals surface area contributed by atoms with Crippen molar-refractivity contribution in [2.24, 2.45) is 0 Å². The van der Waals surface area contributed by atoms with E-state index in [0.29, 0.717) is 0 Å². The largest absolute Gasteiger partial charge is 2.00 e. The molecule has 0 radical (unpaired) electrons. The Bertz CT molecular complexity index is 241. The maximum atomic E-state index is 10.1. The molecule has 0 aliphatic heterocycles. The van der Waals surface area contributed by atoms with Crippen molar-refractivity contribution in [2.75, 3.05) is 0 Å². The first-order valence-corrected chi connectivity index (χ1v) is 3.11. The molecule has 0 saturated heterocycles. The number of carbonyl (C=O) groups excluding carboxylic acids is 3. The predicted octanol–water partition coefficient (Wildman–Crippen LogP) is -11.2. The fourth-order valence-corrected chi connectivity index (χ4v) is 0.684. The first-order valence-electron chi connectivity index (χ1n) is 3.11. The average molecular weight is 436 g/mol. The minimum absolute atomic E-state index is 0. The molecule has 1 N–H and O–H groups in total. The van der Waals surface area contributed by atoms with Crippen molar-refractivity contribution in [3.8, 4) is 0 Å². The number of carboxylic acids is 3. The standard InChI is InChI=1S/C6H8O7.Hg.2Na/c7-3(8)1-6(13,5(11)12)2-4(9)10;;;/h13H,1-2H2,(H,7,8)(H,9,10)(H,11,12);;;/q;+2;2*+1/p-3. The van der Waals surface area contributed by atoms with Crippen molar-refractivity contribution in [3.63, 3.8) is 0 Å². The van der Waals surface area contributed by atoms with Crippen LogP contribution in [0, 0.1) is 0 Å². The molecule has 0 amide bonds. The molecule has 7 nitrogen and oxygen atoms in total. The Labute approximate surface area is 156 Å². The van der Waals surface area contributed by atoms with Crippen LogP contribution in [0.15, 0.2) is 0 Å². The van der Waals surface area contributed by atoms with Crippen LogP contribution in [0.4, 0.5) is 0 Å². The summed E-state index contributed by atoms with van der Waals surface area (Å²) < 4.78 is 0. The van der Waals surface area contributed by atoms with Crippen LogP contribution >= 0.6 is 0 Å². The maximum absolute atomic E-state index is 10.1. The van der Waals surface area contributed by atoms with Gasteiger partial charge in [-0.15, -0.1) is 0 Å². The summed E-state index contributed by atoms with van der Waals surface area (Å²) in [5.41, 5.74) is -2.97. The molecule has 0 spiro atoms. The molecule has 0 heterocycles. The summed E-state index contributed by atoms with van der Waals surface area (Å²) in [5.74, 6) is -5.98. The van der Waals surface area contributed by atoms with E-state index >= 15 is 0 Å². The van der Waals surface area contributed by atoms with Crippen LogP contribution in [-0.2, 0) is 42.1 Å². The molecule has 0 fully saturated rings. The second-order valence-electron chi connectivity index (χ2n) is 2.42. The molecule has 0 aromatic heterocycles. The van der Waals surface area contributed by atoms with Crippen molar-refractivity contribution in [2.45, 2.75) is 18.4 Å². The van der Waals surface area contributed by atoms with Crippen LogP contribution in [0.2, 0.25) is 0 Å². The van der Waals surface area contributed by atoms with Gasteiger partial charge in [-0.25, -0.2) is 0 Å². The molecule has 0 atom stereocenters. The Morgan fingerprint density at radius 3 is 1.31 bits per heavy atom. The summed E-state index contributed by atoms with van der Waals surface area (Å²) in [6, 6.07) is 0. The smallest absolute Gasteiger partial charge is 0.550 e. The van der Waals surface area contributed by atoms with Gasteiger partial charge in [-0.2, -0.15) is 0 Å².